The minimum atomic E-state index is -2.68. The second-order valence-corrected chi connectivity index (χ2v) is 9.35. The van der Waals surface area contributed by atoms with Gasteiger partial charge in [0.05, 0.1) is 18.4 Å². The lowest BCUT2D eigenvalue weighted by Crippen LogP contribution is -2.47. The molecule has 182 valence electrons. The molecule has 1 aliphatic carbocycles. The second-order valence-electron chi connectivity index (χ2n) is 9.35. The van der Waals surface area contributed by atoms with E-state index in [1.165, 1.54) is 12.4 Å². The predicted octanol–water partition coefficient (Wildman–Crippen LogP) is 4.03. The van der Waals surface area contributed by atoms with Crippen LogP contribution in [0.15, 0.2) is 36.2 Å². The maximum atomic E-state index is 13.6. The highest BCUT2D eigenvalue weighted by atomic mass is 19.3. The van der Waals surface area contributed by atoms with Gasteiger partial charge in [-0.05, 0) is 49.8 Å². The predicted molar refractivity (Wildman–Crippen MR) is 122 cm³/mol. The lowest BCUT2D eigenvalue weighted by Gasteiger charge is -2.39. The van der Waals surface area contributed by atoms with Gasteiger partial charge in [0, 0.05) is 24.1 Å². The van der Waals surface area contributed by atoms with Crippen molar-refractivity contribution >= 4 is 17.8 Å². The number of alkyl halides is 2. The fourth-order valence-electron chi connectivity index (χ4n) is 5.81. The Balaban J connectivity index is 1.30. The first-order chi connectivity index (χ1) is 17.0. The summed E-state index contributed by atoms with van der Waals surface area (Å²) in [7, 11) is 1.59. The van der Waals surface area contributed by atoms with Gasteiger partial charge in [-0.25, -0.2) is 18.3 Å². The Morgan fingerprint density at radius 3 is 2.91 bits per heavy atom. The maximum Gasteiger partial charge on any atom is 0.280 e. The SMILES string of the molecule is COc1cccc2c1OCC(C(=O)N1C[C@@H]3CC[C@@H]1CC[C@@H]3c1cc(C(F)F)nc3ncnn13)=C2. The number of rotatable bonds is 4. The molecule has 4 aliphatic rings. The van der Waals surface area contributed by atoms with Gasteiger partial charge < -0.3 is 14.4 Å². The molecule has 3 aromatic rings. The number of amides is 1. The van der Waals surface area contributed by atoms with E-state index in [2.05, 4.69) is 15.1 Å². The minimum absolute atomic E-state index is 0.0101. The molecule has 3 aliphatic heterocycles. The molecule has 2 bridgehead atoms. The van der Waals surface area contributed by atoms with E-state index in [1.807, 2.05) is 29.2 Å². The Kier molecular flexibility index (Phi) is 5.38. The highest BCUT2D eigenvalue weighted by molar-refractivity contribution is 5.99. The Morgan fingerprint density at radius 2 is 2.09 bits per heavy atom. The van der Waals surface area contributed by atoms with Crippen molar-refractivity contribution < 1.29 is 23.0 Å². The maximum absolute atomic E-state index is 13.6. The van der Waals surface area contributed by atoms with Gasteiger partial charge in [0.2, 0.25) is 0 Å². The smallest absolute Gasteiger partial charge is 0.280 e. The van der Waals surface area contributed by atoms with Crippen molar-refractivity contribution in [3.63, 3.8) is 0 Å². The zero-order chi connectivity index (χ0) is 24.1. The number of para-hydroxylation sites is 1. The van der Waals surface area contributed by atoms with Crippen molar-refractivity contribution in [3.8, 4) is 11.5 Å². The highest BCUT2D eigenvalue weighted by Gasteiger charge is 2.41. The number of carbonyl (C=O) groups excluding carboxylic acids is 1. The lowest BCUT2D eigenvalue weighted by molar-refractivity contribution is -0.131. The Bertz CT molecular complexity index is 1320. The molecular formula is C25H25F2N5O3. The number of hydrogen-bond acceptors (Lipinski definition) is 6. The third-order valence-electron chi connectivity index (χ3n) is 7.49. The molecule has 1 saturated carbocycles. The van der Waals surface area contributed by atoms with Crippen LogP contribution in [0.25, 0.3) is 11.9 Å². The number of methoxy groups -OCH3 is 1. The fraction of sp³-hybridized carbons (Fsp3) is 0.440. The number of carbonyl (C=O) groups is 1. The normalized spacial score (nSPS) is 23.6. The second kappa shape index (κ2) is 8.58. The zero-order valence-electron chi connectivity index (χ0n) is 19.2. The topological polar surface area (TPSA) is 81.9 Å². The van der Waals surface area contributed by atoms with Crippen LogP contribution in [0.2, 0.25) is 0 Å². The number of fused-ring (bicyclic) bond motifs is 6. The van der Waals surface area contributed by atoms with Crippen LogP contribution in [0.4, 0.5) is 8.78 Å². The van der Waals surface area contributed by atoms with Crippen LogP contribution in [-0.4, -0.2) is 56.7 Å². The standard InChI is InChI=1S/C25H25F2N5O3/c1-34-21-4-2-3-14-9-16(12-35-22(14)21)24(33)31-11-15-5-6-17(31)7-8-18(15)20-10-19(23(26)27)30-25-28-13-29-32(20)25/h2-4,9-10,13,15,17-18,23H,5-8,11-12H2,1H3/t15-,17+,18-/m0/s1. The minimum Gasteiger partial charge on any atom is -0.493 e. The van der Waals surface area contributed by atoms with Crippen LogP contribution in [0.5, 0.6) is 11.5 Å². The molecule has 2 aromatic heterocycles. The van der Waals surface area contributed by atoms with Crippen molar-refractivity contribution in [2.75, 3.05) is 20.3 Å². The molecule has 8 nitrogen and oxygen atoms in total. The zero-order valence-corrected chi connectivity index (χ0v) is 19.2. The largest absolute Gasteiger partial charge is 0.493 e. The molecule has 0 unspecified atom stereocenters. The van der Waals surface area contributed by atoms with Gasteiger partial charge in [-0.1, -0.05) is 12.1 Å². The molecule has 0 N–H and O–H groups in total. The van der Waals surface area contributed by atoms with Gasteiger partial charge in [-0.15, -0.1) is 0 Å². The van der Waals surface area contributed by atoms with Gasteiger partial charge in [0.15, 0.2) is 11.5 Å². The molecule has 5 heterocycles. The van der Waals surface area contributed by atoms with E-state index >= 15 is 0 Å². The third kappa shape index (κ3) is 3.71. The summed E-state index contributed by atoms with van der Waals surface area (Å²) in [5.41, 5.74) is 1.84. The number of aromatic nitrogens is 4. The molecule has 1 amide bonds. The number of halogens is 2. The Labute approximate surface area is 200 Å². The summed E-state index contributed by atoms with van der Waals surface area (Å²) >= 11 is 0. The molecule has 1 aromatic carbocycles. The van der Waals surface area contributed by atoms with E-state index in [0.717, 1.165) is 31.2 Å². The van der Waals surface area contributed by atoms with E-state index in [-0.39, 0.29) is 41.9 Å². The fourth-order valence-corrected chi connectivity index (χ4v) is 5.81. The summed E-state index contributed by atoms with van der Waals surface area (Å²) in [5.74, 6) is 1.57. The average Bonchev–Trinajstić information content (AvgIpc) is 3.18. The van der Waals surface area contributed by atoms with Crippen LogP contribution in [0.3, 0.4) is 0 Å². The van der Waals surface area contributed by atoms with Gasteiger partial charge in [0.1, 0.15) is 18.6 Å². The van der Waals surface area contributed by atoms with Crippen LogP contribution < -0.4 is 9.47 Å². The van der Waals surface area contributed by atoms with Crippen molar-refractivity contribution in [1.29, 1.82) is 0 Å². The number of benzene rings is 1. The van der Waals surface area contributed by atoms with Crippen molar-refractivity contribution in [1.82, 2.24) is 24.5 Å². The summed E-state index contributed by atoms with van der Waals surface area (Å²) < 4.78 is 39.9. The van der Waals surface area contributed by atoms with Crippen LogP contribution >= 0.6 is 0 Å². The molecule has 0 spiro atoms. The Morgan fingerprint density at radius 1 is 1.23 bits per heavy atom. The van der Waals surface area contributed by atoms with Gasteiger partial charge in [-0.2, -0.15) is 10.1 Å². The molecular weight excluding hydrogens is 456 g/mol. The molecule has 35 heavy (non-hydrogen) atoms. The molecule has 2 saturated heterocycles. The molecule has 3 fully saturated rings. The monoisotopic (exact) mass is 481 g/mol. The van der Waals surface area contributed by atoms with E-state index in [9.17, 15) is 13.6 Å². The first-order valence-electron chi connectivity index (χ1n) is 11.8. The van der Waals surface area contributed by atoms with Crippen molar-refractivity contribution in [2.24, 2.45) is 5.92 Å². The third-order valence-corrected chi connectivity index (χ3v) is 7.49. The highest BCUT2D eigenvalue weighted by Crippen LogP contribution is 2.44. The van der Waals surface area contributed by atoms with E-state index in [0.29, 0.717) is 29.3 Å². The first-order valence-corrected chi connectivity index (χ1v) is 11.8. The molecule has 7 rings (SSSR count). The summed E-state index contributed by atoms with van der Waals surface area (Å²) in [5, 5.41) is 4.25. The van der Waals surface area contributed by atoms with Crippen LogP contribution in [0.1, 0.15) is 55.0 Å². The number of ether oxygens (including phenoxy) is 2. The lowest BCUT2D eigenvalue weighted by atomic mass is 9.83. The summed E-state index contributed by atoms with van der Waals surface area (Å²) in [6, 6.07) is 7.18. The van der Waals surface area contributed by atoms with E-state index < -0.39 is 6.43 Å². The van der Waals surface area contributed by atoms with E-state index in [1.54, 1.807) is 11.6 Å². The van der Waals surface area contributed by atoms with Crippen molar-refractivity contribution in [2.45, 2.75) is 44.1 Å². The molecule has 3 atom stereocenters. The van der Waals surface area contributed by atoms with Crippen LogP contribution in [0, 0.1) is 5.92 Å². The van der Waals surface area contributed by atoms with Crippen molar-refractivity contribution in [3.05, 3.63) is 53.1 Å². The molecule has 0 radical (unpaired) electrons. The summed E-state index contributed by atoms with van der Waals surface area (Å²) in [6.07, 6.45) is 3.94. The Hall–Kier alpha value is -3.56. The van der Waals surface area contributed by atoms with Crippen LogP contribution in [-0.2, 0) is 4.79 Å². The first kappa shape index (κ1) is 21.9. The number of nitrogens with zero attached hydrogens (tertiary/aromatic N) is 5. The number of piperidine rings is 1. The van der Waals surface area contributed by atoms with Gasteiger partial charge >= 0.3 is 0 Å². The van der Waals surface area contributed by atoms with Gasteiger partial charge in [-0.3, -0.25) is 4.79 Å². The number of hydrogen-bond donors (Lipinski definition) is 0. The quantitative estimate of drug-likeness (QED) is 0.560. The van der Waals surface area contributed by atoms with Gasteiger partial charge in [0.25, 0.3) is 18.1 Å². The molecule has 10 heteroatoms. The average molecular weight is 482 g/mol. The summed E-state index contributed by atoms with van der Waals surface area (Å²) in [6.45, 7) is 0.754. The summed E-state index contributed by atoms with van der Waals surface area (Å²) in [4.78, 5) is 23.6. The van der Waals surface area contributed by atoms with E-state index in [4.69, 9.17) is 9.47 Å².